The van der Waals surface area contributed by atoms with Crippen LogP contribution in [0.5, 0.6) is 0 Å². The summed E-state index contributed by atoms with van der Waals surface area (Å²) in [5.41, 5.74) is 6.39. The van der Waals surface area contributed by atoms with Crippen LogP contribution in [0.25, 0.3) is 0 Å². The third-order valence-corrected chi connectivity index (χ3v) is 4.28. The molecule has 0 aliphatic heterocycles. The fourth-order valence-electron chi connectivity index (χ4n) is 2.57. The van der Waals surface area contributed by atoms with Crippen molar-refractivity contribution in [1.82, 2.24) is 25.9 Å². The summed E-state index contributed by atoms with van der Waals surface area (Å²) >= 11 is 0. The number of aromatic amines is 1. The van der Waals surface area contributed by atoms with Crippen LogP contribution in [0.2, 0.25) is 0 Å². The van der Waals surface area contributed by atoms with Gasteiger partial charge in [0.15, 0.2) is 0 Å². The van der Waals surface area contributed by atoms with Crippen molar-refractivity contribution in [3.8, 4) is 0 Å². The van der Waals surface area contributed by atoms with Crippen molar-refractivity contribution in [2.75, 3.05) is 6.54 Å². The molecule has 13 nitrogen and oxygen atoms in total. The molecule has 0 saturated heterocycles. The average molecular weight is 440 g/mol. The van der Waals surface area contributed by atoms with Crippen LogP contribution < -0.4 is 21.7 Å². The Morgan fingerprint density at radius 3 is 2.32 bits per heavy atom. The summed E-state index contributed by atoms with van der Waals surface area (Å²) in [5.74, 6) is -5.09. The summed E-state index contributed by atoms with van der Waals surface area (Å²) in [7, 11) is 0. The zero-order valence-electron chi connectivity index (χ0n) is 17.3. The predicted molar refractivity (Wildman–Crippen MR) is 106 cm³/mol. The Morgan fingerprint density at radius 1 is 1.13 bits per heavy atom. The molecule has 0 aliphatic rings. The van der Waals surface area contributed by atoms with Gasteiger partial charge in [-0.1, -0.05) is 13.8 Å². The van der Waals surface area contributed by atoms with Crippen molar-refractivity contribution >= 4 is 29.7 Å². The lowest BCUT2D eigenvalue weighted by molar-refractivity contribution is -0.144. The quantitative estimate of drug-likeness (QED) is 0.180. The Bertz CT molecular complexity index is 780. The smallest absolute Gasteiger partial charge is 0.326 e. The number of carboxylic acids is 2. The van der Waals surface area contributed by atoms with E-state index in [0.717, 1.165) is 0 Å². The minimum absolute atomic E-state index is 0.170. The largest absolute Gasteiger partial charge is 0.481 e. The molecular weight excluding hydrogens is 412 g/mol. The van der Waals surface area contributed by atoms with E-state index in [4.69, 9.17) is 10.8 Å². The molecule has 172 valence electrons. The normalized spacial score (nSPS) is 13.7. The molecule has 1 heterocycles. The van der Waals surface area contributed by atoms with Gasteiger partial charge >= 0.3 is 11.9 Å². The Labute approximate surface area is 178 Å². The molecule has 1 aromatic rings. The Kier molecular flexibility index (Phi) is 10.1. The highest BCUT2D eigenvalue weighted by Crippen LogP contribution is 2.05. The molecule has 0 aliphatic carbocycles. The third kappa shape index (κ3) is 9.25. The van der Waals surface area contributed by atoms with Gasteiger partial charge < -0.3 is 36.9 Å². The number of carboxylic acid groups (broad SMARTS) is 2. The van der Waals surface area contributed by atoms with Crippen LogP contribution in [0, 0.1) is 5.92 Å². The van der Waals surface area contributed by atoms with E-state index >= 15 is 0 Å². The number of aliphatic carboxylic acids is 2. The van der Waals surface area contributed by atoms with Crippen molar-refractivity contribution in [3.63, 3.8) is 0 Å². The fraction of sp³-hybridized carbons (Fsp3) is 0.556. The molecule has 3 atom stereocenters. The summed E-state index contributed by atoms with van der Waals surface area (Å²) < 4.78 is 0. The van der Waals surface area contributed by atoms with Crippen molar-refractivity contribution in [1.29, 1.82) is 0 Å². The standard InChI is InChI=1S/C18H28N6O7/c1-9(2)15(18(30)31)24-17(29)12(3-4-14(26)27)23-13(25)7-21-16(28)11(19)5-10-6-20-8-22-10/h6,8-9,11-12,15H,3-5,7,19H2,1-2H3,(H,20,22)(H,21,28)(H,23,25)(H,24,29)(H,26,27)(H,30,31). The minimum Gasteiger partial charge on any atom is -0.481 e. The van der Waals surface area contributed by atoms with Crippen LogP contribution in [0.4, 0.5) is 0 Å². The van der Waals surface area contributed by atoms with E-state index in [-0.39, 0.29) is 12.8 Å². The second-order valence-corrected chi connectivity index (χ2v) is 7.23. The fourth-order valence-corrected chi connectivity index (χ4v) is 2.57. The Morgan fingerprint density at radius 2 is 1.81 bits per heavy atom. The van der Waals surface area contributed by atoms with Gasteiger partial charge in [-0.05, 0) is 12.3 Å². The summed E-state index contributed by atoms with van der Waals surface area (Å²) in [6.45, 7) is 2.68. The monoisotopic (exact) mass is 440 g/mol. The lowest BCUT2D eigenvalue weighted by Gasteiger charge is -2.23. The number of nitrogens with two attached hydrogens (primary N) is 1. The van der Waals surface area contributed by atoms with Gasteiger partial charge in [0.05, 0.1) is 18.9 Å². The second-order valence-electron chi connectivity index (χ2n) is 7.23. The van der Waals surface area contributed by atoms with E-state index in [0.29, 0.717) is 5.69 Å². The first kappa shape index (κ1) is 25.6. The highest BCUT2D eigenvalue weighted by Gasteiger charge is 2.29. The van der Waals surface area contributed by atoms with Crippen molar-refractivity contribution in [2.24, 2.45) is 11.7 Å². The molecule has 0 radical (unpaired) electrons. The number of nitrogens with zero attached hydrogens (tertiary/aromatic N) is 1. The summed E-state index contributed by atoms with van der Waals surface area (Å²) in [6, 6.07) is -3.45. The maximum atomic E-state index is 12.4. The number of carbonyl (C=O) groups excluding carboxylic acids is 3. The highest BCUT2D eigenvalue weighted by atomic mass is 16.4. The number of aromatic nitrogens is 2. The first-order chi connectivity index (χ1) is 14.5. The van der Waals surface area contributed by atoms with Crippen molar-refractivity contribution < 1.29 is 34.2 Å². The van der Waals surface area contributed by atoms with E-state index in [1.165, 1.54) is 12.5 Å². The predicted octanol–water partition coefficient (Wildman–Crippen LogP) is -2.03. The zero-order chi connectivity index (χ0) is 23.6. The summed E-state index contributed by atoms with van der Waals surface area (Å²) in [4.78, 5) is 65.4. The summed E-state index contributed by atoms with van der Waals surface area (Å²) in [6.07, 6.45) is 2.42. The Balaban J connectivity index is 2.65. The number of rotatable bonds is 13. The molecule has 0 saturated carbocycles. The van der Waals surface area contributed by atoms with Gasteiger partial charge in [0.1, 0.15) is 12.1 Å². The van der Waals surface area contributed by atoms with Gasteiger partial charge in [0.25, 0.3) is 0 Å². The van der Waals surface area contributed by atoms with Crippen LogP contribution in [0.15, 0.2) is 12.5 Å². The molecule has 0 spiro atoms. The molecule has 1 aromatic heterocycles. The number of hydrogen-bond acceptors (Lipinski definition) is 7. The van der Waals surface area contributed by atoms with Gasteiger partial charge in [-0.2, -0.15) is 0 Å². The Hall–Kier alpha value is -3.48. The second kappa shape index (κ2) is 12.3. The van der Waals surface area contributed by atoms with E-state index in [2.05, 4.69) is 25.9 Å². The molecule has 0 bridgehead atoms. The number of amides is 3. The summed E-state index contributed by atoms with van der Waals surface area (Å²) in [5, 5.41) is 25.0. The number of imidazole rings is 1. The lowest BCUT2D eigenvalue weighted by atomic mass is 10.0. The van der Waals surface area contributed by atoms with E-state index in [1.807, 2.05) is 0 Å². The molecule has 3 unspecified atom stereocenters. The topological polar surface area (TPSA) is 217 Å². The van der Waals surface area contributed by atoms with Gasteiger partial charge in [-0.3, -0.25) is 19.2 Å². The number of carbonyl (C=O) groups is 5. The van der Waals surface area contributed by atoms with Gasteiger partial charge in [-0.15, -0.1) is 0 Å². The van der Waals surface area contributed by atoms with Crippen LogP contribution in [0.3, 0.4) is 0 Å². The molecular formula is C18H28N6O7. The molecule has 31 heavy (non-hydrogen) atoms. The van der Waals surface area contributed by atoms with Crippen molar-refractivity contribution in [2.45, 2.75) is 51.2 Å². The van der Waals surface area contributed by atoms with Gasteiger partial charge in [0, 0.05) is 24.7 Å². The maximum absolute atomic E-state index is 12.4. The number of hydrogen-bond donors (Lipinski definition) is 7. The van der Waals surface area contributed by atoms with Gasteiger partial charge in [-0.25, -0.2) is 9.78 Å². The van der Waals surface area contributed by atoms with Crippen LogP contribution in [-0.2, 0) is 30.4 Å². The maximum Gasteiger partial charge on any atom is 0.326 e. The van der Waals surface area contributed by atoms with E-state index < -0.39 is 66.7 Å². The highest BCUT2D eigenvalue weighted by molar-refractivity contribution is 5.92. The molecule has 1 rings (SSSR count). The molecule has 0 aromatic carbocycles. The zero-order valence-corrected chi connectivity index (χ0v) is 17.3. The molecule has 8 N–H and O–H groups in total. The third-order valence-electron chi connectivity index (χ3n) is 4.28. The molecule has 3 amide bonds. The average Bonchev–Trinajstić information content (AvgIpc) is 3.19. The van der Waals surface area contributed by atoms with Gasteiger partial charge in [0.2, 0.25) is 17.7 Å². The first-order valence-corrected chi connectivity index (χ1v) is 9.56. The number of nitrogens with one attached hydrogen (secondary N) is 4. The SMILES string of the molecule is CC(C)C(NC(=O)C(CCC(=O)O)NC(=O)CNC(=O)C(N)Cc1cnc[nH]1)C(=O)O. The van der Waals surface area contributed by atoms with Crippen molar-refractivity contribution in [3.05, 3.63) is 18.2 Å². The van der Waals surface area contributed by atoms with Crippen LogP contribution in [-0.4, -0.2) is 74.5 Å². The van der Waals surface area contributed by atoms with E-state index in [9.17, 15) is 29.1 Å². The lowest BCUT2D eigenvalue weighted by Crippen LogP contribution is -2.54. The van der Waals surface area contributed by atoms with Crippen LogP contribution >= 0.6 is 0 Å². The molecule has 0 fully saturated rings. The van der Waals surface area contributed by atoms with Crippen LogP contribution in [0.1, 0.15) is 32.4 Å². The first-order valence-electron chi connectivity index (χ1n) is 9.56. The number of H-pyrrole nitrogens is 1. The van der Waals surface area contributed by atoms with E-state index in [1.54, 1.807) is 13.8 Å². The minimum atomic E-state index is -1.29. The molecule has 13 heteroatoms.